The first-order valence-corrected chi connectivity index (χ1v) is 15.4. The molecule has 2 saturated heterocycles. The Morgan fingerprint density at radius 1 is 0.955 bits per heavy atom. The van der Waals surface area contributed by atoms with E-state index in [4.69, 9.17) is 20.3 Å². The molecule has 1 amide bonds. The first-order valence-electron chi connectivity index (χ1n) is 15.4. The Labute approximate surface area is 258 Å². The monoisotopic (exact) mass is 598 g/mol. The van der Waals surface area contributed by atoms with Gasteiger partial charge < -0.3 is 25.0 Å². The Kier molecular flexibility index (Phi) is 8.42. The number of amides is 1. The fourth-order valence-electron chi connectivity index (χ4n) is 6.19. The highest BCUT2D eigenvalue weighted by molar-refractivity contribution is 5.99. The number of carbonyl (C=O) groups excluding carboxylic acids is 1. The standard InChI is InChI=1S/C33H42N8O3/c1-33(2,3)44-32(42)37-26-11-10-22(20-27(26)43-25-8-6-5-7-9-25)29-28-30(34)35-21-36-31(28)41(38-29)24-14-18-40(19-15-24)23-12-16-39(4)17-13-23/h5-11,20-21,23-24H,12-19H2,1-4H3,(H,37,42)(H2,34,35,36). The number of piperidine rings is 2. The summed E-state index contributed by atoms with van der Waals surface area (Å²) in [7, 11) is 2.21. The third-order valence-corrected chi connectivity index (χ3v) is 8.43. The van der Waals surface area contributed by atoms with Gasteiger partial charge in [-0.1, -0.05) is 24.3 Å². The fourth-order valence-corrected chi connectivity index (χ4v) is 6.19. The molecule has 4 heterocycles. The quantitative estimate of drug-likeness (QED) is 0.277. The molecule has 4 aromatic rings. The van der Waals surface area contributed by atoms with Crippen molar-refractivity contribution in [3.63, 3.8) is 0 Å². The summed E-state index contributed by atoms with van der Waals surface area (Å²) >= 11 is 0. The summed E-state index contributed by atoms with van der Waals surface area (Å²) in [4.78, 5) is 26.7. The van der Waals surface area contributed by atoms with Crippen molar-refractivity contribution in [2.45, 2.75) is 64.1 Å². The van der Waals surface area contributed by atoms with Crippen LogP contribution in [0.3, 0.4) is 0 Å². The molecule has 44 heavy (non-hydrogen) atoms. The molecular formula is C33H42N8O3. The van der Waals surface area contributed by atoms with Crippen molar-refractivity contribution in [1.82, 2.24) is 29.5 Å². The maximum Gasteiger partial charge on any atom is 0.412 e. The van der Waals surface area contributed by atoms with Crippen molar-refractivity contribution >= 4 is 28.6 Å². The molecule has 2 aliphatic heterocycles. The molecule has 0 saturated carbocycles. The average molecular weight is 599 g/mol. The number of para-hydroxylation sites is 1. The van der Waals surface area contributed by atoms with E-state index in [9.17, 15) is 4.79 Å². The highest BCUT2D eigenvalue weighted by Crippen LogP contribution is 2.39. The highest BCUT2D eigenvalue weighted by Gasteiger charge is 2.30. The van der Waals surface area contributed by atoms with Gasteiger partial charge in [-0.15, -0.1) is 0 Å². The zero-order valence-corrected chi connectivity index (χ0v) is 26.0. The van der Waals surface area contributed by atoms with Gasteiger partial charge in [-0.25, -0.2) is 19.4 Å². The van der Waals surface area contributed by atoms with E-state index in [1.54, 1.807) is 6.07 Å². The smallest absolute Gasteiger partial charge is 0.412 e. The number of nitrogens with zero attached hydrogens (tertiary/aromatic N) is 6. The highest BCUT2D eigenvalue weighted by atomic mass is 16.6. The topological polar surface area (TPSA) is 124 Å². The normalized spacial score (nSPS) is 17.5. The van der Waals surface area contributed by atoms with Gasteiger partial charge in [-0.05, 0) is 90.9 Å². The summed E-state index contributed by atoms with van der Waals surface area (Å²) in [6.45, 7) is 9.87. The lowest BCUT2D eigenvalue weighted by atomic mass is 9.98. The minimum atomic E-state index is -0.642. The molecule has 2 aliphatic rings. The van der Waals surface area contributed by atoms with Gasteiger partial charge in [0.05, 0.1) is 17.1 Å². The average Bonchev–Trinajstić information content (AvgIpc) is 3.39. The Morgan fingerprint density at radius 2 is 1.66 bits per heavy atom. The van der Waals surface area contributed by atoms with Crippen LogP contribution in [0.5, 0.6) is 11.5 Å². The van der Waals surface area contributed by atoms with E-state index in [1.165, 1.54) is 19.2 Å². The Hall–Kier alpha value is -4.22. The molecule has 232 valence electrons. The van der Waals surface area contributed by atoms with Crippen LogP contribution in [-0.4, -0.2) is 80.5 Å². The second-order valence-corrected chi connectivity index (χ2v) is 12.8. The molecule has 0 aliphatic carbocycles. The van der Waals surface area contributed by atoms with Crippen molar-refractivity contribution in [2.75, 3.05) is 44.3 Å². The van der Waals surface area contributed by atoms with E-state index in [0.29, 0.717) is 40.1 Å². The summed E-state index contributed by atoms with van der Waals surface area (Å²) in [5.74, 6) is 1.46. The van der Waals surface area contributed by atoms with Gasteiger partial charge in [0.1, 0.15) is 29.2 Å². The zero-order valence-electron chi connectivity index (χ0n) is 26.0. The zero-order chi connectivity index (χ0) is 30.8. The molecule has 2 aromatic carbocycles. The number of rotatable bonds is 6. The number of likely N-dealkylation sites (tertiary alicyclic amines) is 2. The molecule has 0 unspecified atom stereocenters. The third-order valence-electron chi connectivity index (χ3n) is 8.43. The van der Waals surface area contributed by atoms with Crippen LogP contribution in [0.2, 0.25) is 0 Å². The van der Waals surface area contributed by atoms with Gasteiger partial charge in [0.15, 0.2) is 11.4 Å². The maximum absolute atomic E-state index is 12.7. The summed E-state index contributed by atoms with van der Waals surface area (Å²) < 4.78 is 13.8. The predicted octanol–water partition coefficient (Wildman–Crippen LogP) is 5.95. The number of hydrogen-bond acceptors (Lipinski definition) is 9. The lowest BCUT2D eigenvalue weighted by molar-refractivity contribution is 0.0635. The number of benzene rings is 2. The van der Waals surface area contributed by atoms with Crippen molar-refractivity contribution < 1.29 is 14.3 Å². The Bertz CT molecular complexity index is 1600. The van der Waals surface area contributed by atoms with Gasteiger partial charge in [0, 0.05) is 24.7 Å². The molecule has 0 radical (unpaired) electrons. The summed E-state index contributed by atoms with van der Waals surface area (Å²) in [5, 5.41) is 8.67. The molecule has 11 heteroatoms. The second-order valence-electron chi connectivity index (χ2n) is 12.8. The molecule has 2 aromatic heterocycles. The number of nitrogen functional groups attached to an aromatic ring is 1. The van der Waals surface area contributed by atoms with Crippen LogP contribution in [-0.2, 0) is 4.74 Å². The van der Waals surface area contributed by atoms with Crippen LogP contribution in [0.15, 0.2) is 54.9 Å². The van der Waals surface area contributed by atoms with Gasteiger partial charge in [0.25, 0.3) is 0 Å². The molecule has 3 N–H and O–H groups in total. The van der Waals surface area contributed by atoms with E-state index < -0.39 is 11.7 Å². The SMILES string of the molecule is CN1CCC(N2CCC(n3nc(-c4ccc(NC(=O)OC(C)(C)C)c(Oc5ccccc5)c4)c4c(N)ncnc43)CC2)CC1. The summed E-state index contributed by atoms with van der Waals surface area (Å²) in [6, 6.07) is 15.8. The van der Waals surface area contributed by atoms with E-state index in [2.05, 4.69) is 32.1 Å². The van der Waals surface area contributed by atoms with Gasteiger partial charge >= 0.3 is 6.09 Å². The van der Waals surface area contributed by atoms with Crippen molar-refractivity contribution in [2.24, 2.45) is 0 Å². The van der Waals surface area contributed by atoms with E-state index in [1.807, 2.05) is 67.9 Å². The van der Waals surface area contributed by atoms with E-state index >= 15 is 0 Å². The minimum absolute atomic E-state index is 0.205. The molecule has 6 rings (SSSR count). The minimum Gasteiger partial charge on any atom is -0.455 e. The largest absolute Gasteiger partial charge is 0.455 e. The Morgan fingerprint density at radius 3 is 2.36 bits per heavy atom. The molecular weight excluding hydrogens is 556 g/mol. The van der Waals surface area contributed by atoms with Crippen molar-refractivity contribution in [1.29, 1.82) is 0 Å². The first kappa shape index (κ1) is 29.8. The second kappa shape index (κ2) is 12.4. The van der Waals surface area contributed by atoms with Gasteiger partial charge in [0.2, 0.25) is 0 Å². The number of anilines is 2. The van der Waals surface area contributed by atoms with E-state index in [0.717, 1.165) is 50.2 Å². The molecule has 11 nitrogen and oxygen atoms in total. The third kappa shape index (κ3) is 6.63. The van der Waals surface area contributed by atoms with Gasteiger partial charge in [-0.3, -0.25) is 5.32 Å². The number of aromatic nitrogens is 4. The predicted molar refractivity (Wildman–Crippen MR) is 172 cm³/mol. The number of ether oxygens (including phenoxy) is 2. The maximum atomic E-state index is 12.7. The Balaban J connectivity index is 1.31. The molecule has 0 bridgehead atoms. The number of carbonyl (C=O) groups is 1. The number of hydrogen-bond donors (Lipinski definition) is 2. The van der Waals surface area contributed by atoms with E-state index in [-0.39, 0.29) is 6.04 Å². The molecule has 0 atom stereocenters. The number of nitrogens with one attached hydrogen (secondary N) is 1. The number of fused-ring (bicyclic) bond motifs is 1. The van der Waals surface area contributed by atoms with Crippen LogP contribution in [0.4, 0.5) is 16.3 Å². The lowest BCUT2D eigenvalue weighted by Crippen LogP contribution is -2.47. The molecule has 2 fully saturated rings. The van der Waals surface area contributed by atoms with Gasteiger partial charge in [-0.2, -0.15) is 5.10 Å². The fraction of sp³-hybridized carbons (Fsp3) is 0.455. The molecule has 0 spiro atoms. The van der Waals surface area contributed by atoms with Crippen molar-refractivity contribution in [3.05, 3.63) is 54.9 Å². The van der Waals surface area contributed by atoms with Crippen LogP contribution in [0, 0.1) is 0 Å². The summed E-state index contributed by atoms with van der Waals surface area (Å²) in [5.41, 5.74) is 8.48. The summed E-state index contributed by atoms with van der Waals surface area (Å²) in [6.07, 6.45) is 5.38. The van der Waals surface area contributed by atoms with Crippen LogP contribution >= 0.6 is 0 Å². The van der Waals surface area contributed by atoms with Crippen LogP contribution < -0.4 is 15.8 Å². The van der Waals surface area contributed by atoms with Crippen molar-refractivity contribution in [3.8, 4) is 22.8 Å². The number of nitrogens with two attached hydrogens (primary N) is 1. The first-order chi connectivity index (χ1) is 21.1. The van der Waals surface area contributed by atoms with Crippen LogP contribution in [0.1, 0.15) is 52.5 Å². The lowest BCUT2D eigenvalue weighted by Gasteiger charge is -2.41. The van der Waals surface area contributed by atoms with Crippen LogP contribution in [0.25, 0.3) is 22.3 Å².